The van der Waals surface area contributed by atoms with Gasteiger partial charge in [0.1, 0.15) is 4.90 Å². The fraction of sp³-hybridized carbons (Fsp3) is 0.538. The van der Waals surface area contributed by atoms with E-state index in [0.29, 0.717) is 17.9 Å². The van der Waals surface area contributed by atoms with E-state index in [2.05, 4.69) is 5.32 Å². The zero-order valence-electron chi connectivity index (χ0n) is 10.8. The number of sulfone groups is 1. The van der Waals surface area contributed by atoms with Crippen molar-refractivity contribution in [3.63, 3.8) is 0 Å². The molecule has 1 aromatic carbocycles. The molecule has 0 radical (unpaired) electrons. The third kappa shape index (κ3) is 3.25. The van der Waals surface area contributed by atoms with Crippen molar-refractivity contribution in [3.8, 4) is 5.75 Å². The molecule has 1 aromatic rings. The molecule has 0 spiro atoms. The predicted octanol–water partition coefficient (Wildman–Crippen LogP) is 1.48. The number of aromatic hydroxyl groups is 1. The van der Waals surface area contributed by atoms with Crippen molar-refractivity contribution in [3.05, 3.63) is 23.5 Å². The Hall–Kier alpha value is -1.14. The van der Waals surface area contributed by atoms with Crippen LogP contribution < -0.4 is 5.32 Å². The van der Waals surface area contributed by atoms with Crippen molar-refractivity contribution >= 4 is 9.84 Å². The van der Waals surface area contributed by atoms with Crippen molar-refractivity contribution in [2.45, 2.75) is 24.2 Å². The Morgan fingerprint density at radius 3 is 2.58 bits per heavy atom. The van der Waals surface area contributed by atoms with Crippen molar-refractivity contribution < 1.29 is 17.9 Å². The van der Waals surface area contributed by atoms with Gasteiger partial charge in [-0.3, -0.25) is 0 Å². The fourth-order valence-corrected chi connectivity index (χ4v) is 3.17. The maximum atomic E-state index is 13.9. The van der Waals surface area contributed by atoms with Gasteiger partial charge in [-0.1, -0.05) is 6.07 Å². The van der Waals surface area contributed by atoms with Gasteiger partial charge >= 0.3 is 0 Å². The molecule has 2 N–H and O–H groups in total. The van der Waals surface area contributed by atoms with Gasteiger partial charge in [0, 0.05) is 6.26 Å². The maximum Gasteiger partial charge on any atom is 0.183 e. The standard InChI is InChI=1S/C13H18FNO3S/c1-19(17,18)11-3-2-10(13(16)12(11)14)8-9-4-6-15-7-5-9/h2-3,9,15-16H,4-8H2,1H3. The first-order valence-corrected chi connectivity index (χ1v) is 8.20. The first-order valence-electron chi connectivity index (χ1n) is 6.30. The van der Waals surface area contributed by atoms with Crippen LogP contribution in [0.2, 0.25) is 0 Å². The number of rotatable bonds is 3. The van der Waals surface area contributed by atoms with Crippen LogP contribution in [0.15, 0.2) is 17.0 Å². The normalized spacial score (nSPS) is 17.6. The predicted molar refractivity (Wildman–Crippen MR) is 70.5 cm³/mol. The van der Waals surface area contributed by atoms with Crippen molar-refractivity contribution in [1.82, 2.24) is 5.32 Å². The minimum atomic E-state index is -3.65. The monoisotopic (exact) mass is 287 g/mol. The Balaban J connectivity index is 2.26. The summed E-state index contributed by atoms with van der Waals surface area (Å²) in [6, 6.07) is 2.75. The highest BCUT2D eigenvalue weighted by molar-refractivity contribution is 7.90. The van der Waals surface area contributed by atoms with Crippen LogP contribution in [0.3, 0.4) is 0 Å². The first-order chi connectivity index (χ1) is 8.89. The summed E-state index contributed by atoms with van der Waals surface area (Å²) < 4.78 is 36.6. The van der Waals surface area contributed by atoms with E-state index in [1.54, 1.807) is 0 Å². The van der Waals surface area contributed by atoms with Gasteiger partial charge in [0.25, 0.3) is 0 Å². The molecule has 0 aliphatic carbocycles. The SMILES string of the molecule is CS(=O)(=O)c1ccc(CC2CCNCC2)c(O)c1F. The molecule has 0 aromatic heterocycles. The van der Waals surface area contributed by atoms with E-state index in [4.69, 9.17) is 0 Å². The molecule has 19 heavy (non-hydrogen) atoms. The Morgan fingerprint density at radius 2 is 2.00 bits per heavy atom. The minimum absolute atomic E-state index is 0.399. The highest BCUT2D eigenvalue weighted by atomic mass is 32.2. The molecule has 1 saturated heterocycles. The summed E-state index contributed by atoms with van der Waals surface area (Å²) in [4.78, 5) is -0.445. The van der Waals surface area contributed by atoms with E-state index in [1.165, 1.54) is 12.1 Å². The molecular formula is C13H18FNO3S. The molecule has 1 aliphatic rings. The fourth-order valence-electron chi connectivity index (χ4n) is 2.43. The number of halogens is 1. The average Bonchev–Trinajstić information content (AvgIpc) is 2.35. The van der Waals surface area contributed by atoms with Crippen LogP contribution in [0.1, 0.15) is 18.4 Å². The van der Waals surface area contributed by atoms with Crippen molar-refractivity contribution in [2.75, 3.05) is 19.3 Å². The van der Waals surface area contributed by atoms with Crippen LogP contribution in [0, 0.1) is 11.7 Å². The number of nitrogens with one attached hydrogen (secondary N) is 1. The summed E-state index contributed by atoms with van der Waals surface area (Å²) in [5.74, 6) is -1.16. The maximum absolute atomic E-state index is 13.9. The molecule has 4 nitrogen and oxygen atoms in total. The van der Waals surface area contributed by atoms with Crippen molar-refractivity contribution in [1.29, 1.82) is 0 Å². The molecule has 0 unspecified atom stereocenters. The summed E-state index contributed by atoms with van der Waals surface area (Å²) in [7, 11) is -3.65. The summed E-state index contributed by atoms with van der Waals surface area (Å²) in [6.07, 6.45) is 3.47. The summed E-state index contributed by atoms with van der Waals surface area (Å²) in [5.41, 5.74) is 0.483. The molecule has 0 atom stereocenters. The largest absolute Gasteiger partial charge is 0.505 e. The lowest BCUT2D eigenvalue weighted by Gasteiger charge is -2.23. The second-order valence-electron chi connectivity index (χ2n) is 5.06. The number of phenols is 1. The summed E-state index contributed by atoms with van der Waals surface area (Å²) in [6.45, 7) is 1.85. The lowest BCUT2D eigenvalue weighted by Crippen LogP contribution is -2.28. The van der Waals surface area contributed by atoms with E-state index in [1.807, 2.05) is 0 Å². The van der Waals surface area contributed by atoms with Crippen LogP contribution in [0.4, 0.5) is 4.39 Å². The van der Waals surface area contributed by atoms with Gasteiger partial charge in [0.15, 0.2) is 21.4 Å². The van der Waals surface area contributed by atoms with Gasteiger partial charge in [0.2, 0.25) is 0 Å². The van der Waals surface area contributed by atoms with E-state index in [9.17, 15) is 17.9 Å². The van der Waals surface area contributed by atoms with Gasteiger partial charge in [-0.25, -0.2) is 12.8 Å². The smallest absolute Gasteiger partial charge is 0.183 e. The third-order valence-corrected chi connectivity index (χ3v) is 4.65. The topological polar surface area (TPSA) is 66.4 Å². The lowest BCUT2D eigenvalue weighted by atomic mass is 9.90. The molecule has 2 rings (SSSR count). The summed E-state index contributed by atoms with van der Waals surface area (Å²) in [5, 5.41) is 13.1. The molecule has 0 bridgehead atoms. The zero-order chi connectivity index (χ0) is 14.0. The van der Waals surface area contributed by atoms with Gasteiger partial charge in [0.05, 0.1) is 0 Å². The molecule has 6 heteroatoms. The van der Waals surface area contributed by atoms with Crippen LogP contribution >= 0.6 is 0 Å². The van der Waals surface area contributed by atoms with E-state index < -0.39 is 26.3 Å². The molecule has 0 amide bonds. The minimum Gasteiger partial charge on any atom is -0.505 e. The number of piperidine rings is 1. The van der Waals surface area contributed by atoms with Gasteiger partial charge in [-0.05, 0) is 49.9 Å². The second kappa shape index (κ2) is 5.46. The van der Waals surface area contributed by atoms with Gasteiger partial charge < -0.3 is 10.4 Å². The molecule has 1 aliphatic heterocycles. The number of hydrogen-bond acceptors (Lipinski definition) is 4. The van der Waals surface area contributed by atoms with Gasteiger partial charge in [-0.2, -0.15) is 0 Å². The summed E-state index contributed by atoms with van der Waals surface area (Å²) >= 11 is 0. The zero-order valence-corrected chi connectivity index (χ0v) is 11.6. The molecule has 1 heterocycles. The van der Waals surface area contributed by atoms with Crippen LogP contribution in [-0.4, -0.2) is 32.9 Å². The van der Waals surface area contributed by atoms with Gasteiger partial charge in [-0.15, -0.1) is 0 Å². The third-order valence-electron chi connectivity index (χ3n) is 3.53. The van der Waals surface area contributed by atoms with E-state index >= 15 is 0 Å². The Kier molecular flexibility index (Phi) is 4.10. The molecule has 0 saturated carbocycles. The first kappa shape index (κ1) is 14.3. The Labute approximate surface area is 112 Å². The quantitative estimate of drug-likeness (QED) is 0.883. The average molecular weight is 287 g/mol. The van der Waals surface area contributed by atoms with Crippen LogP contribution in [0.25, 0.3) is 0 Å². The Bertz CT molecular complexity index is 565. The highest BCUT2D eigenvalue weighted by Crippen LogP contribution is 2.30. The number of phenolic OH excluding ortho intramolecular Hbond substituents is 1. The molecule has 106 valence electrons. The number of hydrogen-bond donors (Lipinski definition) is 2. The number of benzene rings is 1. The molecule has 1 fully saturated rings. The lowest BCUT2D eigenvalue weighted by molar-refractivity contribution is 0.360. The van der Waals surface area contributed by atoms with Crippen LogP contribution in [-0.2, 0) is 16.3 Å². The van der Waals surface area contributed by atoms with E-state index in [0.717, 1.165) is 32.2 Å². The van der Waals surface area contributed by atoms with Crippen molar-refractivity contribution in [2.24, 2.45) is 5.92 Å². The van der Waals surface area contributed by atoms with E-state index in [-0.39, 0.29) is 0 Å². The van der Waals surface area contributed by atoms with Crippen LogP contribution in [0.5, 0.6) is 5.75 Å². The second-order valence-corrected chi connectivity index (χ2v) is 7.04. The highest BCUT2D eigenvalue weighted by Gasteiger charge is 2.22. The Morgan fingerprint density at radius 1 is 1.37 bits per heavy atom. The molecular weight excluding hydrogens is 269 g/mol.